The Balaban J connectivity index is 1.79. The Bertz CT molecular complexity index is 955. The summed E-state index contributed by atoms with van der Waals surface area (Å²) in [4.78, 5) is 28.3. The smallest absolute Gasteiger partial charge is 0.443 e. The average Bonchev–Trinajstić information content (AvgIpc) is 3.02. The molecule has 0 aliphatic carbocycles. The fourth-order valence-corrected chi connectivity index (χ4v) is 2.17. The maximum atomic E-state index is 12.3. The minimum absolute atomic E-state index is 0.0179. The largest absolute Gasteiger partial charge is 0.573 e. The summed E-state index contributed by atoms with van der Waals surface area (Å²) in [6.45, 7) is 0. The molecule has 1 aromatic heterocycles. The molecule has 0 aliphatic rings. The van der Waals surface area contributed by atoms with E-state index in [9.17, 15) is 22.8 Å². The lowest BCUT2D eigenvalue weighted by molar-refractivity contribution is -0.274. The number of hydrogen-bond donors (Lipinski definition) is 1. The second-order valence-corrected chi connectivity index (χ2v) is 4.99. The van der Waals surface area contributed by atoms with Crippen LogP contribution in [0.15, 0.2) is 53.3 Å². The summed E-state index contributed by atoms with van der Waals surface area (Å²) in [5.41, 5.74) is 1.12. The zero-order valence-electron chi connectivity index (χ0n) is 12.9. The second-order valence-electron chi connectivity index (χ2n) is 4.99. The number of aromatic nitrogens is 1. The lowest BCUT2D eigenvalue weighted by atomic mass is 10.2. The predicted octanol–water partition coefficient (Wildman–Crippen LogP) is 3.92. The highest BCUT2D eigenvalue weighted by atomic mass is 19.4. The van der Waals surface area contributed by atoms with Crippen molar-refractivity contribution in [3.63, 3.8) is 0 Å². The third kappa shape index (κ3) is 3.91. The first-order chi connectivity index (χ1) is 12.4. The number of oxazole rings is 1. The number of carbonyl (C=O) groups is 2. The molecule has 3 amide bonds. The van der Waals surface area contributed by atoms with Gasteiger partial charge in [0.1, 0.15) is 11.3 Å². The number of amides is 3. The van der Waals surface area contributed by atoms with Crippen LogP contribution in [0.4, 0.5) is 29.3 Å². The van der Waals surface area contributed by atoms with E-state index in [1.165, 1.54) is 30.7 Å². The van der Waals surface area contributed by atoms with Crippen LogP contribution in [0, 0.1) is 0 Å². The first kappa shape index (κ1) is 17.3. The number of urea groups is 1. The van der Waals surface area contributed by atoms with Gasteiger partial charge < -0.3 is 14.5 Å². The van der Waals surface area contributed by atoms with Crippen molar-refractivity contribution in [2.24, 2.45) is 0 Å². The van der Waals surface area contributed by atoms with Crippen molar-refractivity contribution < 1.29 is 31.9 Å². The van der Waals surface area contributed by atoms with Crippen LogP contribution in [0.25, 0.3) is 11.1 Å². The number of nitrogens with one attached hydrogen (secondary N) is 1. The molecule has 26 heavy (non-hydrogen) atoms. The van der Waals surface area contributed by atoms with Gasteiger partial charge in [-0.15, -0.1) is 13.2 Å². The van der Waals surface area contributed by atoms with Crippen LogP contribution in [0.1, 0.15) is 0 Å². The van der Waals surface area contributed by atoms with Gasteiger partial charge in [-0.3, -0.25) is 4.79 Å². The van der Waals surface area contributed by atoms with Gasteiger partial charge in [0.2, 0.25) is 6.41 Å². The number of carbonyl (C=O) groups excluding carboxylic acids is 2. The number of halogens is 3. The SMILES string of the molecule is O=CN(C(=O)Nc1cccc(OC(F)(F)F)c1)c1ccc2ncoc2c1. The van der Waals surface area contributed by atoms with Gasteiger partial charge in [-0.25, -0.2) is 14.7 Å². The molecule has 0 aliphatic heterocycles. The average molecular weight is 365 g/mol. The number of imide groups is 1. The van der Waals surface area contributed by atoms with Gasteiger partial charge in [0.15, 0.2) is 12.0 Å². The predicted molar refractivity (Wildman–Crippen MR) is 84.7 cm³/mol. The zero-order valence-corrected chi connectivity index (χ0v) is 12.9. The Labute approximate surface area is 144 Å². The number of anilines is 2. The van der Waals surface area contributed by atoms with E-state index in [-0.39, 0.29) is 17.8 Å². The first-order valence-electron chi connectivity index (χ1n) is 7.10. The van der Waals surface area contributed by atoms with E-state index in [0.29, 0.717) is 11.1 Å². The number of hydrogen-bond acceptors (Lipinski definition) is 5. The third-order valence-electron chi connectivity index (χ3n) is 3.24. The molecule has 10 heteroatoms. The molecule has 0 saturated heterocycles. The Hall–Kier alpha value is -3.56. The molecular formula is C16H10F3N3O4. The van der Waals surface area contributed by atoms with E-state index in [1.54, 1.807) is 6.07 Å². The van der Waals surface area contributed by atoms with Crippen molar-refractivity contribution in [3.05, 3.63) is 48.9 Å². The van der Waals surface area contributed by atoms with Gasteiger partial charge in [-0.1, -0.05) is 6.07 Å². The molecule has 7 nitrogen and oxygen atoms in total. The quantitative estimate of drug-likeness (QED) is 0.709. The Morgan fingerprint density at radius 3 is 2.77 bits per heavy atom. The summed E-state index contributed by atoms with van der Waals surface area (Å²) in [6.07, 6.45) is -3.38. The van der Waals surface area contributed by atoms with Crippen LogP contribution in [-0.4, -0.2) is 23.8 Å². The molecule has 0 fully saturated rings. The van der Waals surface area contributed by atoms with Gasteiger partial charge in [0.05, 0.1) is 5.69 Å². The van der Waals surface area contributed by atoms with Gasteiger partial charge in [0.25, 0.3) is 0 Å². The molecule has 2 aromatic carbocycles. The topological polar surface area (TPSA) is 84.7 Å². The molecule has 134 valence electrons. The van der Waals surface area contributed by atoms with Gasteiger partial charge in [-0.2, -0.15) is 0 Å². The van der Waals surface area contributed by atoms with Gasteiger partial charge in [0, 0.05) is 17.8 Å². The summed E-state index contributed by atoms with van der Waals surface area (Å²) < 4.78 is 45.7. The summed E-state index contributed by atoms with van der Waals surface area (Å²) >= 11 is 0. The summed E-state index contributed by atoms with van der Waals surface area (Å²) in [5.74, 6) is -0.504. The minimum Gasteiger partial charge on any atom is -0.443 e. The van der Waals surface area contributed by atoms with Gasteiger partial charge in [-0.05, 0) is 24.3 Å². The summed E-state index contributed by atoms with van der Waals surface area (Å²) in [7, 11) is 0. The Morgan fingerprint density at radius 1 is 1.23 bits per heavy atom. The molecule has 3 aromatic rings. The van der Waals surface area contributed by atoms with Crippen LogP contribution in [0.3, 0.4) is 0 Å². The van der Waals surface area contributed by atoms with Crippen molar-refractivity contribution in [1.82, 2.24) is 4.98 Å². The molecule has 0 saturated carbocycles. The standard InChI is InChI=1S/C16H10F3N3O4/c17-16(18,19)26-12-3-1-2-10(6-12)21-15(24)22(9-23)11-4-5-13-14(7-11)25-8-20-13/h1-9H,(H,21,24). The molecule has 0 unspecified atom stereocenters. The van der Waals surface area contributed by atoms with Crippen LogP contribution in [0.2, 0.25) is 0 Å². The van der Waals surface area contributed by atoms with E-state index in [4.69, 9.17) is 4.42 Å². The van der Waals surface area contributed by atoms with Crippen LogP contribution >= 0.6 is 0 Å². The van der Waals surface area contributed by atoms with E-state index in [2.05, 4.69) is 15.0 Å². The maximum absolute atomic E-state index is 12.3. The van der Waals surface area contributed by atoms with E-state index < -0.39 is 18.1 Å². The molecule has 0 radical (unpaired) electrons. The van der Waals surface area contributed by atoms with Crippen molar-refractivity contribution in [1.29, 1.82) is 0 Å². The molecular weight excluding hydrogens is 355 g/mol. The Kier molecular flexibility index (Phi) is 4.48. The van der Waals surface area contributed by atoms with Crippen molar-refractivity contribution in [2.45, 2.75) is 6.36 Å². The number of fused-ring (bicyclic) bond motifs is 1. The normalized spacial score (nSPS) is 11.2. The highest BCUT2D eigenvalue weighted by Crippen LogP contribution is 2.26. The van der Waals surface area contributed by atoms with E-state index in [1.807, 2.05) is 0 Å². The van der Waals surface area contributed by atoms with Crippen molar-refractivity contribution in [3.8, 4) is 5.75 Å². The van der Waals surface area contributed by atoms with Crippen molar-refractivity contribution in [2.75, 3.05) is 10.2 Å². The third-order valence-corrected chi connectivity index (χ3v) is 3.24. The van der Waals surface area contributed by atoms with Gasteiger partial charge >= 0.3 is 12.4 Å². The summed E-state index contributed by atoms with van der Waals surface area (Å²) in [5, 5.41) is 2.32. The van der Waals surface area contributed by atoms with E-state index in [0.717, 1.165) is 17.0 Å². The maximum Gasteiger partial charge on any atom is 0.573 e. The van der Waals surface area contributed by atoms with E-state index >= 15 is 0 Å². The molecule has 3 rings (SSSR count). The number of nitrogens with zero attached hydrogens (tertiary/aromatic N) is 2. The highest BCUT2D eigenvalue weighted by molar-refractivity contribution is 6.12. The number of alkyl halides is 3. The van der Waals surface area contributed by atoms with Crippen LogP contribution in [0.5, 0.6) is 5.75 Å². The fourth-order valence-electron chi connectivity index (χ4n) is 2.17. The zero-order chi connectivity index (χ0) is 18.7. The minimum atomic E-state index is -4.86. The molecule has 1 N–H and O–H groups in total. The first-order valence-corrected chi connectivity index (χ1v) is 7.10. The second kappa shape index (κ2) is 6.75. The van der Waals surface area contributed by atoms with Crippen molar-refractivity contribution >= 4 is 34.9 Å². The fraction of sp³-hybridized carbons (Fsp3) is 0.0625. The molecule has 0 spiro atoms. The lowest BCUT2D eigenvalue weighted by Gasteiger charge is -2.17. The molecule has 0 bridgehead atoms. The lowest BCUT2D eigenvalue weighted by Crippen LogP contribution is -2.33. The van der Waals surface area contributed by atoms with Crippen LogP contribution in [-0.2, 0) is 4.79 Å². The number of rotatable bonds is 4. The highest BCUT2D eigenvalue weighted by Gasteiger charge is 2.31. The summed E-state index contributed by atoms with van der Waals surface area (Å²) in [6, 6.07) is 8.26. The number of benzene rings is 2. The number of ether oxygens (including phenoxy) is 1. The molecule has 0 atom stereocenters. The monoisotopic (exact) mass is 365 g/mol. The Morgan fingerprint density at radius 2 is 2.04 bits per heavy atom. The molecule has 1 heterocycles. The van der Waals surface area contributed by atoms with Crippen LogP contribution < -0.4 is 15.0 Å².